The van der Waals surface area contributed by atoms with Gasteiger partial charge in [-0.25, -0.2) is 4.79 Å². The smallest absolute Gasteiger partial charge is 0.335 e. The van der Waals surface area contributed by atoms with Crippen LogP contribution in [0.5, 0.6) is 0 Å². The largest absolute Gasteiger partial charge is 0.456 e. The zero-order valence-electron chi connectivity index (χ0n) is 19.6. The summed E-state index contributed by atoms with van der Waals surface area (Å²) >= 11 is 0. The van der Waals surface area contributed by atoms with Crippen LogP contribution < -0.4 is 0 Å². The molecule has 3 N–H and O–H groups in total. The highest BCUT2D eigenvalue weighted by Gasteiger charge is 2.38. The molecule has 0 aromatic rings. The molecule has 0 saturated heterocycles. The van der Waals surface area contributed by atoms with E-state index in [-0.39, 0.29) is 11.8 Å². The van der Waals surface area contributed by atoms with Crippen molar-refractivity contribution < 1.29 is 24.9 Å². The molecule has 0 bridgehead atoms. The first-order valence-corrected chi connectivity index (χ1v) is 10.6. The molecule has 6 atom stereocenters. The minimum atomic E-state index is -1.14. The average molecular weight is 401 g/mol. The van der Waals surface area contributed by atoms with Gasteiger partial charge in [-0.1, -0.05) is 54.0 Å². The van der Waals surface area contributed by atoms with Crippen molar-refractivity contribution in [2.24, 2.45) is 23.2 Å². The molecule has 0 aromatic heterocycles. The van der Waals surface area contributed by atoms with E-state index in [0.717, 1.165) is 17.6 Å². The third-order valence-electron chi connectivity index (χ3n) is 6.31. The predicted octanol–water partition coefficient (Wildman–Crippen LogP) is 4.09. The summed E-state index contributed by atoms with van der Waals surface area (Å²) in [7, 11) is 0. The van der Waals surface area contributed by atoms with Crippen molar-refractivity contribution in [1.29, 1.82) is 0 Å². The maximum atomic E-state index is 12.3. The Hall–Kier alpha value is -0.910. The standard InChI is InChI=1S/C23H44O5/c1-11-19(24)23(9,10)21(26)17(7)15(5)16(6)18(8)28-22(27)20(25)14(4)12-13(2)3/h13-14,17-21,24-26H,11-12H2,1-10H3/b16-15+/t14-,17-,18-,19-,20?,21-/m0/s1. The summed E-state index contributed by atoms with van der Waals surface area (Å²) in [6.45, 7) is 19.1. The molecule has 0 radical (unpaired) electrons. The highest BCUT2D eigenvalue weighted by atomic mass is 16.6. The summed E-state index contributed by atoms with van der Waals surface area (Å²) in [5.41, 5.74) is 1.12. The molecule has 0 heterocycles. The number of carbonyl (C=O) groups excluding carboxylic acids is 1. The Morgan fingerprint density at radius 1 is 0.964 bits per heavy atom. The van der Waals surface area contributed by atoms with E-state index in [0.29, 0.717) is 12.3 Å². The van der Waals surface area contributed by atoms with Crippen LogP contribution in [0.25, 0.3) is 0 Å². The van der Waals surface area contributed by atoms with Crippen molar-refractivity contribution in [2.45, 2.75) is 106 Å². The van der Waals surface area contributed by atoms with E-state index in [1.807, 2.05) is 48.5 Å². The number of hydrogen-bond donors (Lipinski definition) is 3. The summed E-state index contributed by atoms with van der Waals surface area (Å²) in [4.78, 5) is 12.3. The average Bonchev–Trinajstić information content (AvgIpc) is 2.62. The quantitative estimate of drug-likeness (QED) is 0.359. The van der Waals surface area contributed by atoms with Gasteiger partial charge in [0.1, 0.15) is 6.10 Å². The number of rotatable bonds is 11. The molecular weight excluding hydrogens is 356 g/mol. The lowest BCUT2D eigenvalue weighted by Gasteiger charge is -2.39. The first kappa shape index (κ1) is 27.1. The summed E-state index contributed by atoms with van der Waals surface area (Å²) in [6.07, 6.45) is -1.67. The normalized spacial score (nSPS) is 20.1. The fourth-order valence-corrected chi connectivity index (χ4v) is 3.72. The van der Waals surface area contributed by atoms with Gasteiger partial charge in [0, 0.05) is 11.3 Å². The minimum Gasteiger partial charge on any atom is -0.456 e. The number of ether oxygens (including phenoxy) is 1. The van der Waals surface area contributed by atoms with Crippen LogP contribution in [0.3, 0.4) is 0 Å². The lowest BCUT2D eigenvalue weighted by molar-refractivity contribution is -0.159. The molecule has 0 aliphatic carbocycles. The predicted molar refractivity (Wildman–Crippen MR) is 114 cm³/mol. The molecule has 0 aliphatic rings. The van der Waals surface area contributed by atoms with Crippen LogP contribution in [-0.4, -0.2) is 45.7 Å². The molecule has 0 rings (SSSR count). The SMILES string of the molecule is CC[C@H](O)C(C)(C)[C@@H](O)[C@@H](C)/C(C)=C(\C)[C@H](C)OC(=O)C(O)[C@@H](C)CC(C)C. The van der Waals surface area contributed by atoms with Crippen LogP contribution in [-0.2, 0) is 9.53 Å². The molecular formula is C23H44O5. The summed E-state index contributed by atoms with van der Waals surface area (Å²) in [5.74, 6) is -0.588. The molecule has 0 fully saturated rings. The molecule has 0 spiro atoms. The molecule has 1 unspecified atom stereocenters. The second-order valence-corrected chi connectivity index (χ2v) is 9.48. The van der Waals surface area contributed by atoms with Gasteiger partial charge in [0.15, 0.2) is 6.10 Å². The van der Waals surface area contributed by atoms with Crippen LogP contribution in [0.15, 0.2) is 11.1 Å². The zero-order valence-corrected chi connectivity index (χ0v) is 19.6. The Labute approximate surface area is 172 Å². The summed E-state index contributed by atoms with van der Waals surface area (Å²) in [5, 5.41) is 31.3. The van der Waals surface area contributed by atoms with Crippen molar-refractivity contribution in [2.75, 3.05) is 0 Å². The van der Waals surface area contributed by atoms with E-state index in [1.54, 1.807) is 6.92 Å². The Balaban J connectivity index is 5.23. The van der Waals surface area contributed by atoms with Crippen molar-refractivity contribution in [3.8, 4) is 0 Å². The molecule has 28 heavy (non-hydrogen) atoms. The fourth-order valence-electron chi connectivity index (χ4n) is 3.72. The molecule has 5 heteroatoms. The zero-order chi connectivity index (χ0) is 22.4. The van der Waals surface area contributed by atoms with Gasteiger partial charge in [0.05, 0.1) is 12.2 Å². The van der Waals surface area contributed by atoms with Crippen LogP contribution in [0, 0.1) is 23.2 Å². The van der Waals surface area contributed by atoms with Gasteiger partial charge in [-0.15, -0.1) is 0 Å². The number of carbonyl (C=O) groups is 1. The Bertz CT molecular complexity index is 523. The maximum absolute atomic E-state index is 12.3. The van der Waals surface area contributed by atoms with E-state index >= 15 is 0 Å². The molecule has 0 saturated carbocycles. The molecule has 5 nitrogen and oxygen atoms in total. The Morgan fingerprint density at radius 2 is 1.46 bits per heavy atom. The van der Waals surface area contributed by atoms with E-state index in [4.69, 9.17) is 4.74 Å². The monoisotopic (exact) mass is 400 g/mol. The Kier molecular flexibility index (Phi) is 11.0. The second-order valence-electron chi connectivity index (χ2n) is 9.48. The molecule has 0 amide bonds. The lowest BCUT2D eigenvalue weighted by Crippen LogP contribution is -2.44. The summed E-state index contributed by atoms with van der Waals surface area (Å²) in [6, 6.07) is 0. The number of esters is 1. The first-order chi connectivity index (χ1) is 12.7. The van der Waals surface area contributed by atoms with Crippen molar-refractivity contribution in [3.63, 3.8) is 0 Å². The van der Waals surface area contributed by atoms with Gasteiger partial charge in [-0.2, -0.15) is 0 Å². The number of aliphatic hydroxyl groups is 3. The van der Waals surface area contributed by atoms with E-state index < -0.39 is 35.8 Å². The van der Waals surface area contributed by atoms with Gasteiger partial charge in [-0.3, -0.25) is 0 Å². The van der Waals surface area contributed by atoms with Crippen LogP contribution in [0.1, 0.15) is 82.1 Å². The van der Waals surface area contributed by atoms with Crippen LogP contribution in [0.4, 0.5) is 0 Å². The van der Waals surface area contributed by atoms with Crippen LogP contribution >= 0.6 is 0 Å². The van der Waals surface area contributed by atoms with E-state index in [9.17, 15) is 20.1 Å². The minimum absolute atomic E-state index is 0.165. The second kappa shape index (κ2) is 11.3. The summed E-state index contributed by atoms with van der Waals surface area (Å²) < 4.78 is 5.50. The Morgan fingerprint density at radius 3 is 1.89 bits per heavy atom. The van der Waals surface area contributed by atoms with E-state index in [1.165, 1.54) is 0 Å². The van der Waals surface area contributed by atoms with Gasteiger partial charge in [0.25, 0.3) is 0 Å². The molecule has 166 valence electrons. The highest BCUT2D eigenvalue weighted by Crippen LogP contribution is 2.35. The number of hydrogen-bond acceptors (Lipinski definition) is 5. The maximum Gasteiger partial charge on any atom is 0.335 e. The van der Waals surface area contributed by atoms with Crippen molar-refractivity contribution in [1.82, 2.24) is 0 Å². The van der Waals surface area contributed by atoms with Gasteiger partial charge >= 0.3 is 5.97 Å². The third kappa shape index (κ3) is 7.16. The van der Waals surface area contributed by atoms with Crippen LogP contribution in [0.2, 0.25) is 0 Å². The van der Waals surface area contributed by atoms with Crippen molar-refractivity contribution >= 4 is 5.97 Å². The fraction of sp³-hybridized carbons (Fsp3) is 0.870. The lowest BCUT2D eigenvalue weighted by atomic mass is 9.72. The highest BCUT2D eigenvalue weighted by molar-refractivity contribution is 5.75. The van der Waals surface area contributed by atoms with Crippen molar-refractivity contribution in [3.05, 3.63) is 11.1 Å². The number of aliphatic hydroxyl groups excluding tert-OH is 3. The van der Waals surface area contributed by atoms with Gasteiger partial charge in [0.2, 0.25) is 0 Å². The third-order valence-corrected chi connectivity index (χ3v) is 6.31. The van der Waals surface area contributed by atoms with Gasteiger partial charge < -0.3 is 20.1 Å². The molecule has 0 aliphatic heterocycles. The topological polar surface area (TPSA) is 87.0 Å². The molecule has 0 aromatic carbocycles. The first-order valence-electron chi connectivity index (χ1n) is 10.6. The van der Waals surface area contributed by atoms with Gasteiger partial charge in [-0.05, 0) is 51.0 Å². The van der Waals surface area contributed by atoms with E-state index in [2.05, 4.69) is 13.8 Å².